The summed E-state index contributed by atoms with van der Waals surface area (Å²) in [5, 5.41) is 3.67. The first kappa shape index (κ1) is 14.9. The Morgan fingerprint density at radius 1 is 1.10 bits per heavy atom. The van der Waals surface area contributed by atoms with Crippen LogP contribution in [0.25, 0.3) is 0 Å². The number of nitrogens with one attached hydrogen (secondary N) is 1. The summed E-state index contributed by atoms with van der Waals surface area (Å²) in [5.74, 6) is -0.593. The van der Waals surface area contributed by atoms with E-state index in [1.807, 2.05) is 6.92 Å². The van der Waals surface area contributed by atoms with Crippen LogP contribution in [0, 0.1) is 11.6 Å². The topological polar surface area (TPSA) is 12.0 Å². The molecule has 1 N–H and O–H groups in total. The molecule has 106 valence electrons. The molecular formula is C16H16ClF2N. The van der Waals surface area contributed by atoms with Gasteiger partial charge in [0.25, 0.3) is 0 Å². The summed E-state index contributed by atoms with van der Waals surface area (Å²) in [7, 11) is 0. The van der Waals surface area contributed by atoms with Crippen LogP contribution in [0.15, 0.2) is 42.5 Å². The lowest BCUT2D eigenvalue weighted by Gasteiger charge is -2.19. The van der Waals surface area contributed by atoms with Crippen LogP contribution in [0.1, 0.15) is 24.1 Å². The van der Waals surface area contributed by atoms with Gasteiger partial charge in [0.1, 0.15) is 11.6 Å². The van der Waals surface area contributed by atoms with E-state index in [1.165, 1.54) is 18.2 Å². The Labute approximate surface area is 122 Å². The van der Waals surface area contributed by atoms with Crippen LogP contribution in [0.2, 0.25) is 5.02 Å². The lowest BCUT2D eigenvalue weighted by atomic mass is 9.98. The van der Waals surface area contributed by atoms with Gasteiger partial charge in [0.05, 0.1) is 0 Å². The van der Waals surface area contributed by atoms with Crippen molar-refractivity contribution < 1.29 is 8.78 Å². The summed E-state index contributed by atoms with van der Waals surface area (Å²) in [5.41, 5.74) is 1.52. The number of hydrogen-bond donors (Lipinski definition) is 1. The number of hydrogen-bond acceptors (Lipinski definition) is 1. The monoisotopic (exact) mass is 295 g/mol. The second-order valence-electron chi connectivity index (χ2n) is 4.60. The molecule has 0 radical (unpaired) electrons. The summed E-state index contributed by atoms with van der Waals surface area (Å²) in [4.78, 5) is 0. The molecule has 0 saturated heterocycles. The second kappa shape index (κ2) is 6.82. The highest BCUT2D eigenvalue weighted by atomic mass is 35.5. The summed E-state index contributed by atoms with van der Waals surface area (Å²) in [6.45, 7) is 2.73. The highest BCUT2D eigenvalue weighted by molar-refractivity contribution is 6.30. The van der Waals surface area contributed by atoms with Crippen LogP contribution in [0.4, 0.5) is 8.78 Å². The molecule has 0 saturated carbocycles. The molecule has 0 fully saturated rings. The van der Waals surface area contributed by atoms with Crippen LogP contribution in [0.5, 0.6) is 0 Å². The zero-order chi connectivity index (χ0) is 14.5. The van der Waals surface area contributed by atoms with Gasteiger partial charge in [0, 0.05) is 11.1 Å². The smallest absolute Gasteiger partial charge is 0.127 e. The van der Waals surface area contributed by atoms with E-state index in [1.54, 1.807) is 24.3 Å². The van der Waals surface area contributed by atoms with E-state index in [0.717, 1.165) is 12.1 Å². The van der Waals surface area contributed by atoms with Gasteiger partial charge in [0.2, 0.25) is 0 Å². The molecule has 4 heteroatoms. The number of likely N-dealkylation sites (N-methyl/N-ethyl adjacent to an activating group) is 1. The predicted molar refractivity (Wildman–Crippen MR) is 77.9 cm³/mol. The summed E-state index contributed by atoms with van der Waals surface area (Å²) < 4.78 is 26.8. The lowest BCUT2D eigenvalue weighted by Crippen LogP contribution is -2.23. The zero-order valence-corrected chi connectivity index (χ0v) is 11.9. The quantitative estimate of drug-likeness (QED) is 0.855. The molecule has 2 aromatic carbocycles. The fourth-order valence-electron chi connectivity index (χ4n) is 2.16. The van der Waals surface area contributed by atoms with Gasteiger partial charge in [-0.3, -0.25) is 0 Å². The first-order valence-corrected chi connectivity index (χ1v) is 6.90. The van der Waals surface area contributed by atoms with Gasteiger partial charge in [0.15, 0.2) is 0 Å². The van der Waals surface area contributed by atoms with Crippen molar-refractivity contribution in [1.82, 2.24) is 5.32 Å². The maximum Gasteiger partial charge on any atom is 0.127 e. The second-order valence-corrected chi connectivity index (χ2v) is 5.04. The van der Waals surface area contributed by atoms with Gasteiger partial charge >= 0.3 is 0 Å². The van der Waals surface area contributed by atoms with E-state index >= 15 is 0 Å². The first-order valence-electron chi connectivity index (χ1n) is 6.53. The third kappa shape index (κ3) is 3.78. The summed E-state index contributed by atoms with van der Waals surface area (Å²) in [6.07, 6.45) is 0.489. The summed E-state index contributed by atoms with van der Waals surface area (Å²) in [6, 6.07) is 10.9. The van der Waals surface area contributed by atoms with Gasteiger partial charge in [-0.15, -0.1) is 0 Å². The van der Waals surface area contributed by atoms with Crippen molar-refractivity contribution in [2.75, 3.05) is 6.54 Å². The highest BCUT2D eigenvalue weighted by Gasteiger charge is 2.14. The van der Waals surface area contributed by atoms with Crippen LogP contribution in [-0.2, 0) is 6.42 Å². The van der Waals surface area contributed by atoms with Gasteiger partial charge in [-0.05, 0) is 48.4 Å². The first-order chi connectivity index (χ1) is 9.60. The van der Waals surface area contributed by atoms with Crippen molar-refractivity contribution in [1.29, 1.82) is 0 Å². The van der Waals surface area contributed by atoms with Crippen LogP contribution < -0.4 is 5.32 Å². The molecule has 0 aromatic heterocycles. The SMILES string of the molecule is CCNC(Cc1ccc(Cl)cc1F)c1ccc(F)cc1. The van der Waals surface area contributed by atoms with Crippen molar-refractivity contribution in [3.8, 4) is 0 Å². The van der Waals surface area contributed by atoms with E-state index in [9.17, 15) is 8.78 Å². The largest absolute Gasteiger partial charge is 0.310 e. The molecule has 0 aliphatic carbocycles. The van der Waals surface area contributed by atoms with Gasteiger partial charge < -0.3 is 5.32 Å². The summed E-state index contributed by atoms with van der Waals surface area (Å²) >= 11 is 5.75. The Morgan fingerprint density at radius 3 is 2.40 bits per heavy atom. The molecule has 0 spiro atoms. The van der Waals surface area contributed by atoms with Crippen molar-refractivity contribution in [3.05, 3.63) is 70.2 Å². The fourth-order valence-corrected chi connectivity index (χ4v) is 2.32. The van der Waals surface area contributed by atoms with Crippen molar-refractivity contribution in [3.63, 3.8) is 0 Å². The van der Waals surface area contributed by atoms with Crippen molar-refractivity contribution in [2.24, 2.45) is 0 Å². The lowest BCUT2D eigenvalue weighted by molar-refractivity contribution is 0.526. The van der Waals surface area contributed by atoms with Gasteiger partial charge in [-0.2, -0.15) is 0 Å². The Kier molecular flexibility index (Phi) is 5.10. The van der Waals surface area contributed by atoms with Crippen molar-refractivity contribution in [2.45, 2.75) is 19.4 Å². The number of rotatable bonds is 5. The predicted octanol–water partition coefficient (Wildman–Crippen LogP) is 4.51. The standard InChI is InChI=1S/C16H16ClF2N/c1-2-20-16(11-4-7-14(18)8-5-11)9-12-3-6-13(17)10-15(12)19/h3-8,10,16,20H,2,9H2,1H3. The molecule has 0 bridgehead atoms. The zero-order valence-electron chi connectivity index (χ0n) is 11.2. The molecule has 2 rings (SSSR count). The number of halogens is 3. The maximum atomic E-state index is 13.9. The Hall–Kier alpha value is -1.45. The minimum Gasteiger partial charge on any atom is -0.310 e. The molecular weight excluding hydrogens is 280 g/mol. The Morgan fingerprint density at radius 2 is 1.80 bits per heavy atom. The van der Waals surface area contributed by atoms with E-state index in [2.05, 4.69) is 5.32 Å². The van der Waals surface area contributed by atoms with Gasteiger partial charge in [-0.1, -0.05) is 36.7 Å². The maximum absolute atomic E-state index is 13.9. The normalized spacial score (nSPS) is 12.4. The fraction of sp³-hybridized carbons (Fsp3) is 0.250. The van der Waals surface area contributed by atoms with Crippen LogP contribution in [0.3, 0.4) is 0 Å². The van der Waals surface area contributed by atoms with Gasteiger partial charge in [-0.25, -0.2) is 8.78 Å². The van der Waals surface area contributed by atoms with Crippen LogP contribution >= 0.6 is 11.6 Å². The molecule has 0 aliphatic rings. The minimum atomic E-state index is -0.317. The highest BCUT2D eigenvalue weighted by Crippen LogP contribution is 2.22. The van der Waals surface area contributed by atoms with E-state index in [-0.39, 0.29) is 17.7 Å². The minimum absolute atomic E-state index is 0.0590. The molecule has 1 unspecified atom stereocenters. The Balaban J connectivity index is 2.22. The number of benzene rings is 2. The van der Waals surface area contributed by atoms with E-state index in [4.69, 9.17) is 11.6 Å². The third-order valence-corrected chi connectivity index (χ3v) is 3.40. The molecule has 0 heterocycles. The molecule has 1 nitrogen and oxygen atoms in total. The molecule has 0 aliphatic heterocycles. The Bertz CT molecular complexity index is 569. The molecule has 20 heavy (non-hydrogen) atoms. The van der Waals surface area contributed by atoms with Crippen LogP contribution in [-0.4, -0.2) is 6.54 Å². The van der Waals surface area contributed by atoms with Crippen molar-refractivity contribution >= 4 is 11.6 Å². The third-order valence-electron chi connectivity index (χ3n) is 3.16. The molecule has 2 aromatic rings. The molecule has 1 atom stereocenters. The average molecular weight is 296 g/mol. The molecule has 0 amide bonds. The van der Waals surface area contributed by atoms with E-state index in [0.29, 0.717) is 17.0 Å². The van der Waals surface area contributed by atoms with E-state index < -0.39 is 0 Å². The average Bonchev–Trinajstić information content (AvgIpc) is 2.42.